The number of rotatable bonds is 8. The largest absolute Gasteiger partial charge is 0.378 e. The molecule has 1 fully saturated rings. The van der Waals surface area contributed by atoms with E-state index in [0.717, 1.165) is 32.3 Å². The van der Waals surface area contributed by atoms with Crippen molar-refractivity contribution in [2.24, 2.45) is 0 Å². The maximum atomic E-state index is 11.2. The van der Waals surface area contributed by atoms with Crippen molar-refractivity contribution in [2.45, 2.75) is 38.7 Å². The quantitative estimate of drug-likeness (QED) is 0.559. The Balaban J connectivity index is 2.01. The van der Waals surface area contributed by atoms with E-state index in [4.69, 9.17) is 4.74 Å². The van der Waals surface area contributed by atoms with Gasteiger partial charge in [-0.1, -0.05) is 6.92 Å². The molecule has 1 aliphatic rings. The third-order valence-electron chi connectivity index (χ3n) is 3.33. The van der Waals surface area contributed by atoms with Gasteiger partial charge in [-0.2, -0.15) is 0 Å². The summed E-state index contributed by atoms with van der Waals surface area (Å²) >= 11 is 0. The van der Waals surface area contributed by atoms with Crippen LogP contribution in [0.2, 0.25) is 0 Å². The molecular formula is C13H21N5O3. The van der Waals surface area contributed by atoms with Crippen LogP contribution in [0.4, 0.5) is 17.3 Å². The van der Waals surface area contributed by atoms with E-state index >= 15 is 0 Å². The molecule has 0 bridgehead atoms. The minimum Gasteiger partial charge on any atom is -0.378 e. The molecule has 2 rings (SSSR count). The number of nitrogens with zero attached hydrogens (tertiary/aromatic N) is 3. The molecule has 1 aromatic rings. The van der Waals surface area contributed by atoms with E-state index in [1.54, 1.807) is 0 Å². The highest BCUT2D eigenvalue weighted by atomic mass is 16.6. The molecule has 116 valence electrons. The van der Waals surface area contributed by atoms with Crippen LogP contribution in [0.25, 0.3) is 0 Å². The van der Waals surface area contributed by atoms with Crippen LogP contribution >= 0.6 is 0 Å². The highest BCUT2D eigenvalue weighted by Crippen LogP contribution is 2.28. The van der Waals surface area contributed by atoms with Crippen LogP contribution in [0.5, 0.6) is 0 Å². The summed E-state index contributed by atoms with van der Waals surface area (Å²) in [4.78, 5) is 18.7. The zero-order valence-electron chi connectivity index (χ0n) is 12.2. The number of nitrogens with one attached hydrogen (secondary N) is 2. The van der Waals surface area contributed by atoms with Crippen LogP contribution in [-0.4, -0.2) is 40.7 Å². The topological polar surface area (TPSA) is 102 Å². The van der Waals surface area contributed by atoms with Gasteiger partial charge in [0.25, 0.3) is 0 Å². The molecule has 21 heavy (non-hydrogen) atoms. The molecule has 0 radical (unpaired) electrons. The van der Waals surface area contributed by atoms with Crippen LogP contribution < -0.4 is 10.6 Å². The van der Waals surface area contributed by atoms with E-state index in [-0.39, 0.29) is 23.4 Å². The summed E-state index contributed by atoms with van der Waals surface area (Å²) in [6.45, 7) is 4.02. The fourth-order valence-corrected chi connectivity index (χ4v) is 2.28. The smallest absolute Gasteiger partial charge is 0.353 e. The van der Waals surface area contributed by atoms with E-state index < -0.39 is 4.92 Å². The maximum Gasteiger partial charge on any atom is 0.353 e. The summed E-state index contributed by atoms with van der Waals surface area (Å²) in [6.07, 6.45) is 5.40. The third kappa shape index (κ3) is 4.25. The van der Waals surface area contributed by atoms with Crippen molar-refractivity contribution in [3.63, 3.8) is 0 Å². The zero-order chi connectivity index (χ0) is 15.1. The van der Waals surface area contributed by atoms with Crippen molar-refractivity contribution in [1.29, 1.82) is 0 Å². The Bertz CT molecular complexity index is 477. The van der Waals surface area contributed by atoms with Gasteiger partial charge >= 0.3 is 5.69 Å². The van der Waals surface area contributed by atoms with Crippen LogP contribution in [0.15, 0.2) is 6.33 Å². The van der Waals surface area contributed by atoms with Gasteiger partial charge in [0.2, 0.25) is 11.6 Å². The highest BCUT2D eigenvalue weighted by molar-refractivity contribution is 5.69. The number of aromatic nitrogens is 2. The minimum atomic E-state index is -0.452. The van der Waals surface area contributed by atoms with Gasteiger partial charge in [0, 0.05) is 19.7 Å². The van der Waals surface area contributed by atoms with Gasteiger partial charge in [0.1, 0.15) is 6.33 Å². The Labute approximate surface area is 123 Å². The predicted molar refractivity (Wildman–Crippen MR) is 79.5 cm³/mol. The number of hydrogen-bond acceptors (Lipinski definition) is 7. The second-order valence-corrected chi connectivity index (χ2v) is 4.95. The molecule has 0 amide bonds. The number of nitro groups is 1. The van der Waals surface area contributed by atoms with Gasteiger partial charge in [-0.25, -0.2) is 9.97 Å². The second-order valence-electron chi connectivity index (χ2n) is 4.95. The van der Waals surface area contributed by atoms with E-state index in [9.17, 15) is 10.1 Å². The SMILES string of the molecule is CCCNc1ncnc(NCCC2CCCO2)c1[N+](=O)[O-]. The van der Waals surface area contributed by atoms with Crippen molar-refractivity contribution in [2.75, 3.05) is 30.3 Å². The van der Waals surface area contributed by atoms with Crippen LogP contribution in [0.1, 0.15) is 32.6 Å². The Morgan fingerprint density at radius 2 is 2.10 bits per heavy atom. The number of hydrogen-bond donors (Lipinski definition) is 2. The third-order valence-corrected chi connectivity index (χ3v) is 3.33. The standard InChI is InChI=1S/C13H21N5O3/c1-2-6-14-12-11(18(19)20)13(17-9-16-12)15-7-5-10-4-3-8-21-10/h9-10H,2-8H2,1H3,(H2,14,15,16,17). The lowest BCUT2D eigenvalue weighted by molar-refractivity contribution is -0.383. The molecule has 1 saturated heterocycles. The Hall–Kier alpha value is -1.96. The van der Waals surface area contributed by atoms with Gasteiger partial charge in [-0.05, 0) is 25.7 Å². The first-order valence-electron chi connectivity index (χ1n) is 7.31. The highest BCUT2D eigenvalue weighted by Gasteiger charge is 2.23. The molecule has 1 aromatic heterocycles. The molecule has 0 aromatic carbocycles. The lowest BCUT2D eigenvalue weighted by Crippen LogP contribution is -2.15. The van der Waals surface area contributed by atoms with Gasteiger partial charge in [0.15, 0.2) is 0 Å². The van der Waals surface area contributed by atoms with Crippen LogP contribution in [0, 0.1) is 10.1 Å². The van der Waals surface area contributed by atoms with Crippen LogP contribution in [-0.2, 0) is 4.74 Å². The molecule has 8 nitrogen and oxygen atoms in total. The van der Waals surface area contributed by atoms with Gasteiger partial charge in [-0.3, -0.25) is 10.1 Å². The normalized spacial score (nSPS) is 17.7. The Kier molecular flexibility index (Phi) is 5.68. The van der Waals surface area contributed by atoms with Crippen LogP contribution in [0.3, 0.4) is 0 Å². The first-order valence-corrected chi connectivity index (χ1v) is 7.31. The summed E-state index contributed by atoms with van der Waals surface area (Å²) in [6, 6.07) is 0. The van der Waals surface area contributed by atoms with Crippen molar-refractivity contribution in [3.8, 4) is 0 Å². The van der Waals surface area contributed by atoms with E-state index in [1.165, 1.54) is 6.33 Å². The fraction of sp³-hybridized carbons (Fsp3) is 0.692. The van der Waals surface area contributed by atoms with E-state index in [0.29, 0.717) is 13.1 Å². The molecule has 1 aliphatic heterocycles. The summed E-state index contributed by atoms with van der Waals surface area (Å²) in [7, 11) is 0. The van der Waals surface area contributed by atoms with Crippen molar-refractivity contribution in [3.05, 3.63) is 16.4 Å². The van der Waals surface area contributed by atoms with E-state index in [1.807, 2.05) is 6.92 Å². The molecule has 2 N–H and O–H groups in total. The van der Waals surface area contributed by atoms with Crippen molar-refractivity contribution < 1.29 is 9.66 Å². The van der Waals surface area contributed by atoms with E-state index in [2.05, 4.69) is 20.6 Å². The molecule has 0 aliphatic carbocycles. The maximum absolute atomic E-state index is 11.2. The molecule has 1 unspecified atom stereocenters. The first-order chi connectivity index (χ1) is 10.2. The summed E-state index contributed by atoms with van der Waals surface area (Å²) in [5.41, 5.74) is -0.0988. The predicted octanol–water partition coefficient (Wildman–Crippen LogP) is 2.19. The summed E-state index contributed by atoms with van der Waals surface area (Å²) < 4.78 is 5.53. The summed E-state index contributed by atoms with van der Waals surface area (Å²) in [5, 5.41) is 17.2. The lowest BCUT2D eigenvalue weighted by atomic mass is 10.2. The van der Waals surface area contributed by atoms with Crippen molar-refractivity contribution >= 4 is 17.3 Å². The zero-order valence-corrected chi connectivity index (χ0v) is 12.2. The second kappa shape index (κ2) is 7.72. The fourth-order valence-electron chi connectivity index (χ4n) is 2.28. The molecule has 1 atom stereocenters. The first kappa shape index (κ1) is 15.4. The number of anilines is 2. The molecule has 0 spiro atoms. The molecular weight excluding hydrogens is 274 g/mol. The minimum absolute atomic E-state index is 0.0988. The molecule has 8 heteroatoms. The summed E-state index contributed by atoms with van der Waals surface area (Å²) in [5.74, 6) is 0.517. The number of ether oxygens (including phenoxy) is 1. The molecule has 2 heterocycles. The average molecular weight is 295 g/mol. The van der Waals surface area contributed by atoms with Gasteiger partial charge < -0.3 is 15.4 Å². The lowest BCUT2D eigenvalue weighted by Gasteiger charge is -2.11. The Morgan fingerprint density at radius 1 is 1.38 bits per heavy atom. The monoisotopic (exact) mass is 295 g/mol. The molecule has 0 saturated carbocycles. The van der Waals surface area contributed by atoms with Crippen molar-refractivity contribution in [1.82, 2.24) is 9.97 Å². The Morgan fingerprint density at radius 3 is 2.67 bits per heavy atom. The average Bonchev–Trinajstić information content (AvgIpc) is 2.98. The van der Waals surface area contributed by atoms with Gasteiger partial charge in [0.05, 0.1) is 11.0 Å². The van der Waals surface area contributed by atoms with Gasteiger partial charge in [-0.15, -0.1) is 0 Å².